The number of nitriles is 1. The summed E-state index contributed by atoms with van der Waals surface area (Å²) in [6, 6.07) is 7.40. The summed E-state index contributed by atoms with van der Waals surface area (Å²) >= 11 is 0. The third kappa shape index (κ3) is 2.87. The monoisotopic (exact) mass is 283 g/mol. The van der Waals surface area contributed by atoms with E-state index in [9.17, 15) is 5.26 Å². The summed E-state index contributed by atoms with van der Waals surface area (Å²) in [5.74, 6) is 2.23. The molecule has 1 aromatic heterocycles. The second kappa shape index (κ2) is 6.09. The maximum Gasteiger partial charge on any atom is 0.143 e. The van der Waals surface area contributed by atoms with Crippen molar-refractivity contribution in [2.45, 2.75) is 20.3 Å². The first kappa shape index (κ1) is 14.6. The zero-order chi connectivity index (χ0) is 15.4. The average Bonchev–Trinajstić information content (AvgIpc) is 2.51. The lowest BCUT2D eigenvalue weighted by Gasteiger charge is -2.15. The maximum atomic E-state index is 9.24. The number of para-hydroxylation sites is 1. The van der Waals surface area contributed by atoms with Crippen molar-refractivity contribution in [3.05, 3.63) is 35.2 Å². The van der Waals surface area contributed by atoms with Gasteiger partial charge in [0.05, 0.1) is 12.7 Å². The molecular formula is C15H17N5O. The molecule has 2 aromatic rings. The van der Waals surface area contributed by atoms with Gasteiger partial charge >= 0.3 is 0 Å². The van der Waals surface area contributed by atoms with Crippen LogP contribution >= 0.6 is 0 Å². The highest BCUT2D eigenvalue weighted by Crippen LogP contribution is 2.32. The van der Waals surface area contributed by atoms with Gasteiger partial charge in [0, 0.05) is 12.0 Å². The number of hydrogen-bond donors (Lipinski definition) is 2. The van der Waals surface area contributed by atoms with Gasteiger partial charge in [-0.1, -0.05) is 13.0 Å². The van der Waals surface area contributed by atoms with Gasteiger partial charge in [0.15, 0.2) is 0 Å². The Balaban J connectivity index is 2.53. The second-order valence-corrected chi connectivity index (χ2v) is 4.47. The molecule has 0 radical (unpaired) electrons. The molecule has 108 valence electrons. The number of nitrogen functional groups attached to an aromatic ring is 1. The Morgan fingerprint density at radius 1 is 1.38 bits per heavy atom. The highest BCUT2D eigenvalue weighted by atomic mass is 16.5. The van der Waals surface area contributed by atoms with Crippen LogP contribution in [0.15, 0.2) is 18.2 Å². The summed E-state index contributed by atoms with van der Waals surface area (Å²) in [4.78, 5) is 8.64. The number of hydrogen-bond acceptors (Lipinski definition) is 6. The van der Waals surface area contributed by atoms with E-state index in [1.165, 1.54) is 0 Å². The van der Waals surface area contributed by atoms with E-state index in [0.29, 0.717) is 40.9 Å². The van der Waals surface area contributed by atoms with Crippen LogP contribution in [0.3, 0.4) is 0 Å². The fourth-order valence-electron chi connectivity index (χ4n) is 1.90. The Hall–Kier alpha value is -2.81. The van der Waals surface area contributed by atoms with Crippen LogP contribution in [0.4, 0.5) is 17.3 Å². The van der Waals surface area contributed by atoms with E-state index in [-0.39, 0.29) is 0 Å². The number of rotatable bonds is 4. The molecule has 0 aliphatic carbocycles. The fraction of sp³-hybridized carbons (Fsp3) is 0.267. The number of nitrogens with two attached hydrogens (primary N) is 1. The number of methoxy groups -OCH3 is 1. The standard InChI is InChI=1S/C15H17N5O/c1-4-12-18-14(17)9(2)15(19-12)20-13-10(8-16)6-5-7-11(13)21-3/h5-7H,4H2,1-3H3,(H3,17,18,19,20). The number of benzene rings is 1. The van der Waals surface area contributed by atoms with Crippen molar-refractivity contribution in [3.63, 3.8) is 0 Å². The van der Waals surface area contributed by atoms with Crippen LogP contribution in [-0.4, -0.2) is 17.1 Å². The molecule has 0 bridgehead atoms. The van der Waals surface area contributed by atoms with Crippen molar-refractivity contribution >= 4 is 17.3 Å². The number of aryl methyl sites for hydroxylation is 1. The number of nitrogens with one attached hydrogen (secondary N) is 1. The lowest BCUT2D eigenvalue weighted by atomic mass is 10.1. The van der Waals surface area contributed by atoms with Crippen LogP contribution in [0.1, 0.15) is 23.9 Å². The molecule has 0 saturated heterocycles. The first-order chi connectivity index (χ1) is 10.1. The molecule has 0 unspecified atom stereocenters. The van der Waals surface area contributed by atoms with Crippen molar-refractivity contribution < 1.29 is 4.74 Å². The quantitative estimate of drug-likeness (QED) is 0.895. The molecular weight excluding hydrogens is 266 g/mol. The van der Waals surface area contributed by atoms with Crippen LogP contribution in [0, 0.1) is 18.3 Å². The Bertz CT molecular complexity index is 706. The van der Waals surface area contributed by atoms with Crippen molar-refractivity contribution in [2.75, 3.05) is 18.2 Å². The van der Waals surface area contributed by atoms with Gasteiger partial charge in [-0.3, -0.25) is 0 Å². The predicted octanol–water partition coefficient (Wildman–Crippen LogP) is 2.55. The largest absolute Gasteiger partial charge is 0.495 e. The van der Waals surface area contributed by atoms with Gasteiger partial charge in [-0.2, -0.15) is 5.26 Å². The summed E-state index contributed by atoms with van der Waals surface area (Å²) < 4.78 is 5.30. The molecule has 2 rings (SSSR count). The van der Waals surface area contributed by atoms with Gasteiger partial charge in [-0.05, 0) is 19.1 Å². The topological polar surface area (TPSA) is 96.8 Å². The third-order valence-electron chi connectivity index (χ3n) is 3.16. The summed E-state index contributed by atoms with van der Waals surface area (Å²) in [6.07, 6.45) is 0.677. The van der Waals surface area contributed by atoms with E-state index in [0.717, 1.165) is 5.56 Å². The zero-order valence-corrected chi connectivity index (χ0v) is 12.3. The number of aromatic nitrogens is 2. The Morgan fingerprint density at radius 2 is 2.14 bits per heavy atom. The lowest BCUT2D eigenvalue weighted by Crippen LogP contribution is -2.07. The van der Waals surface area contributed by atoms with Crippen LogP contribution in [0.5, 0.6) is 5.75 Å². The van der Waals surface area contributed by atoms with Gasteiger partial charge < -0.3 is 15.8 Å². The van der Waals surface area contributed by atoms with Crippen molar-refractivity contribution in [1.82, 2.24) is 9.97 Å². The Morgan fingerprint density at radius 3 is 2.76 bits per heavy atom. The first-order valence-corrected chi connectivity index (χ1v) is 6.57. The molecule has 21 heavy (non-hydrogen) atoms. The van der Waals surface area contributed by atoms with E-state index in [1.54, 1.807) is 25.3 Å². The van der Waals surface area contributed by atoms with Gasteiger partial charge in [0.2, 0.25) is 0 Å². The van der Waals surface area contributed by atoms with Crippen LogP contribution in [0.25, 0.3) is 0 Å². The number of anilines is 3. The Labute approximate surface area is 123 Å². The predicted molar refractivity (Wildman–Crippen MR) is 81.6 cm³/mol. The molecule has 0 aliphatic rings. The summed E-state index contributed by atoms with van der Waals surface area (Å²) in [7, 11) is 1.56. The molecule has 1 aromatic carbocycles. The summed E-state index contributed by atoms with van der Waals surface area (Å²) in [5.41, 5.74) is 7.69. The molecule has 1 heterocycles. The van der Waals surface area contributed by atoms with Gasteiger partial charge in [-0.25, -0.2) is 9.97 Å². The normalized spacial score (nSPS) is 10.0. The molecule has 0 aliphatic heterocycles. The summed E-state index contributed by atoms with van der Waals surface area (Å²) in [6.45, 7) is 3.79. The number of ether oxygens (including phenoxy) is 1. The van der Waals surface area contributed by atoms with E-state index >= 15 is 0 Å². The highest BCUT2D eigenvalue weighted by Gasteiger charge is 2.13. The van der Waals surface area contributed by atoms with E-state index in [2.05, 4.69) is 21.4 Å². The molecule has 0 atom stereocenters. The molecule has 0 fully saturated rings. The molecule has 0 spiro atoms. The van der Waals surface area contributed by atoms with Crippen molar-refractivity contribution in [2.24, 2.45) is 0 Å². The van der Waals surface area contributed by atoms with E-state index in [4.69, 9.17) is 10.5 Å². The van der Waals surface area contributed by atoms with Crippen LogP contribution in [-0.2, 0) is 6.42 Å². The second-order valence-electron chi connectivity index (χ2n) is 4.47. The first-order valence-electron chi connectivity index (χ1n) is 6.57. The lowest BCUT2D eigenvalue weighted by molar-refractivity contribution is 0.416. The van der Waals surface area contributed by atoms with Crippen molar-refractivity contribution in [1.29, 1.82) is 5.26 Å². The maximum absolute atomic E-state index is 9.24. The fourth-order valence-corrected chi connectivity index (χ4v) is 1.90. The zero-order valence-electron chi connectivity index (χ0n) is 12.3. The van der Waals surface area contributed by atoms with Gasteiger partial charge in [0.1, 0.15) is 35.0 Å². The van der Waals surface area contributed by atoms with Crippen LogP contribution in [0.2, 0.25) is 0 Å². The SMILES string of the molecule is CCc1nc(N)c(C)c(Nc2c(C#N)cccc2OC)n1. The number of nitrogens with zero attached hydrogens (tertiary/aromatic N) is 3. The highest BCUT2D eigenvalue weighted by molar-refractivity contribution is 5.74. The molecule has 6 nitrogen and oxygen atoms in total. The van der Waals surface area contributed by atoms with Gasteiger partial charge in [0.25, 0.3) is 0 Å². The smallest absolute Gasteiger partial charge is 0.143 e. The molecule has 6 heteroatoms. The van der Waals surface area contributed by atoms with E-state index < -0.39 is 0 Å². The van der Waals surface area contributed by atoms with Crippen molar-refractivity contribution in [3.8, 4) is 11.8 Å². The molecule has 0 amide bonds. The molecule has 3 N–H and O–H groups in total. The minimum absolute atomic E-state index is 0.428. The molecule has 0 saturated carbocycles. The van der Waals surface area contributed by atoms with Gasteiger partial charge in [-0.15, -0.1) is 0 Å². The Kier molecular flexibility index (Phi) is 4.24. The van der Waals surface area contributed by atoms with Crippen LogP contribution < -0.4 is 15.8 Å². The minimum atomic E-state index is 0.428. The average molecular weight is 283 g/mol. The summed E-state index contributed by atoms with van der Waals surface area (Å²) in [5, 5.41) is 12.4. The third-order valence-corrected chi connectivity index (χ3v) is 3.16. The minimum Gasteiger partial charge on any atom is -0.495 e. The van der Waals surface area contributed by atoms with E-state index in [1.807, 2.05) is 13.8 Å².